The van der Waals surface area contributed by atoms with Crippen LogP contribution in [0.3, 0.4) is 0 Å². The average Bonchev–Trinajstić information content (AvgIpc) is 2.72. The first-order chi connectivity index (χ1) is 10.5. The molecule has 0 bridgehead atoms. The summed E-state index contributed by atoms with van der Waals surface area (Å²) >= 11 is 0. The van der Waals surface area contributed by atoms with Crippen LogP contribution in [0.4, 0.5) is 0 Å². The first-order valence-electron chi connectivity index (χ1n) is 8.04. The third-order valence-electron chi connectivity index (χ3n) is 4.88. The van der Waals surface area contributed by atoms with Gasteiger partial charge in [0.1, 0.15) is 0 Å². The standard InChI is InChI=1S/C16H28N4O2/c1-12-14(13(2)20(19-12)9-10-22-3)11-18-15(21)16(7-8-17)5-4-6-16/h4-11,17H2,1-3H3,(H,18,21). The summed E-state index contributed by atoms with van der Waals surface area (Å²) in [5, 5.41) is 7.62. The van der Waals surface area contributed by atoms with Crippen LogP contribution in [0, 0.1) is 19.3 Å². The molecule has 1 aromatic rings. The number of carbonyl (C=O) groups excluding carboxylic acids is 1. The number of ether oxygens (including phenoxy) is 1. The molecule has 0 atom stereocenters. The van der Waals surface area contributed by atoms with Crippen molar-refractivity contribution in [2.45, 2.75) is 52.6 Å². The highest BCUT2D eigenvalue weighted by molar-refractivity contribution is 5.83. The maximum Gasteiger partial charge on any atom is 0.226 e. The van der Waals surface area contributed by atoms with Crippen molar-refractivity contribution in [3.63, 3.8) is 0 Å². The van der Waals surface area contributed by atoms with Crippen LogP contribution in [0.15, 0.2) is 0 Å². The van der Waals surface area contributed by atoms with Crippen molar-refractivity contribution in [1.29, 1.82) is 0 Å². The largest absolute Gasteiger partial charge is 0.383 e. The Labute approximate surface area is 132 Å². The minimum Gasteiger partial charge on any atom is -0.383 e. The van der Waals surface area contributed by atoms with E-state index in [1.54, 1.807) is 7.11 Å². The van der Waals surface area contributed by atoms with Crippen molar-refractivity contribution < 1.29 is 9.53 Å². The Morgan fingerprint density at radius 2 is 2.18 bits per heavy atom. The average molecular weight is 308 g/mol. The maximum atomic E-state index is 12.5. The summed E-state index contributed by atoms with van der Waals surface area (Å²) in [6, 6.07) is 0. The monoisotopic (exact) mass is 308 g/mol. The van der Waals surface area contributed by atoms with Gasteiger partial charge in [-0.25, -0.2) is 0 Å². The molecule has 1 amide bonds. The summed E-state index contributed by atoms with van der Waals surface area (Å²) in [5.74, 6) is 0.146. The predicted molar refractivity (Wildman–Crippen MR) is 85.4 cm³/mol. The number of nitrogens with one attached hydrogen (secondary N) is 1. The number of carbonyl (C=O) groups is 1. The van der Waals surface area contributed by atoms with Gasteiger partial charge in [-0.2, -0.15) is 5.10 Å². The van der Waals surface area contributed by atoms with Crippen LogP contribution in [0.5, 0.6) is 0 Å². The van der Waals surface area contributed by atoms with E-state index in [2.05, 4.69) is 10.4 Å². The SMILES string of the molecule is COCCn1nc(C)c(CNC(=O)C2(CCN)CCC2)c1C. The van der Waals surface area contributed by atoms with Crippen LogP contribution in [-0.4, -0.2) is 35.9 Å². The van der Waals surface area contributed by atoms with Crippen molar-refractivity contribution in [1.82, 2.24) is 15.1 Å². The lowest BCUT2D eigenvalue weighted by atomic mass is 9.66. The van der Waals surface area contributed by atoms with Crippen molar-refractivity contribution in [2.24, 2.45) is 11.1 Å². The summed E-state index contributed by atoms with van der Waals surface area (Å²) in [4.78, 5) is 12.5. The van der Waals surface area contributed by atoms with E-state index in [1.165, 1.54) is 0 Å². The van der Waals surface area contributed by atoms with E-state index < -0.39 is 0 Å². The van der Waals surface area contributed by atoms with E-state index in [1.807, 2.05) is 18.5 Å². The van der Waals surface area contributed by atoms with E-state index in [4.69, 9.17) is 10.5 Å². The summed E-state index contributed by atoms with van der Waals surface area (Å²) in [6.07, 6.45) is 3.83. The number of nitrogens with zero attached hydrogens (tertiary/aromatic N) is 2. The molecule has 0 aromatic carbocycles. The van der Waals surface area contributed by atoms with Gasteiger partial charge in [-0.3, -0.25) is 9.48 Å². The fourth-order valence-corrected chi connectivity index (χ4v) is 3.21. The number of rotatable bonds is 8. The van der Waals surface area contributed by atoms with E-state index in [-0.39, 0.29) is 11.3 Å². The summed E-state index contributed by atoms with van der Waals surface area (Å²) in [5.41, 5.74) is 8.61. The fourth-order valence-electron chi connectivity index (χ4n) is 3.21. The molecule has 2 rings (SSSR count). The Morgan fingerprint density at radius 3 is 2.73 bits per heavy atom. The minimum absolute atomic E-state index is 0.146. The quantitative estimate of drug-likeness (QED) is 0.758. The van der Waals surface area contributed by atoms with Crippen LogP contribution in [0.1, 0.15) is 42.6 Å². The summed E-state index contributed by atoms with van der Waals surface area (Å²) in [7, 11) is 1.68. The topological polar surface area (TPSA) is 82.2 Å². The van der Waals surface area contributed by atoms with E-state index >= 15 is 0 Å². The Kier molecular flexibility index (Phi) is 5.58. The van der Waals surface area contributed by atoms with Gasteiger partial charge in [0.2, 0.25) is 5.91 Å². The lowest BCUT2D eigenvalue weighted by Crippen LogP contribution is -2.46. The molecule has 0 aliphatic heterocycles. The number of aromatic nitrogens is 2. The number of hydrogen-bond acceptors (Lipinski definition) is 4. The lowest BCUT2D eigenvalue weighted by molar-refractivity contribution is -0.136. The van der Waals surface area contributed by atoms with E-state index in [9.17, 15) is 4.79 Å². The number of amides is 1. The number of nitrogens with two attached hydrogens (primary N) is 1. The third-order valence-corrected chi connectivity index (χ3v) is 4.88. The van der Waals surface area contributed by atoms with Gasteiger partial charge in [-0.15, -0.1) is 0 Å². The Balaban J connectivity index is 1.99. The minimum atomic E-state index is -0.220. The highest BCUT2D eigenvalue weighted by atomic mass is 16.5. The van der Waals surface area contributed by atoms with Crippen LogP contribution < -0.4 is 11.1 Å². The van der Waals surface area contributed by atoms with Crippen molar-refractivity contribution in [3.05, 3.63) is 17.0 Å². The van der Waals surface area contributed by atoms with Gasteiger partial charge in [0, 0.05) is 24.9 Å². The van der Waals surface area contributed by atoms with Gasteiger partial charge in [-0.05, 0) is 39.7 Å². The molecule has 1 aliphatic carbocycles. The number of hydrogen-bond donors (Lipinski definition) is 2. The number of aryl methyl sites for hydroxylation is 1. The molecule has 3 N–H and O–H groups in total. The van der Waals surface area contributed by atoms with Crippen molar-refractivity contribution >= 4 is 5.91 Å². The summed E-state index contributed by atoms with van der Waals surface area (Å²) in [6.45, 7) is 6.49. The molecule has 0 unspecified atom stereocenters. The third kappa shape index (κ3) is 3.33. The van der Waals surface area contributed by atoms with Gasteiger partial charge in [0.25, 0.3) is 0 Å². The maximum absolute atomic E-state index is 12.5. The second-order valence-corrected chi connectivity index (χ2v) is 6.22. The fraction of sp³-hybridized carbons (Fsp3) is 0.750. The molecule has 6 nitrogen and oxygen atoms in total. The van der Waals surface area contributed by atoms with E-state index in [0.717, 1.165) is 49.2 Å². The summed E-state index contributed by atoms with van der Waals surface area (Å²) < 4.78 is 7.04. The second kappa shape index (κ2) is 7.24. The van der Waals surface area contributed by atoms with Gasteiger partial charge >= 0.3 is 0 Å². The lowest BCUT2D eigenvalue weighted by Gasteiger charge is -2.40. The molecule has 124 valence electrons. The van der Waals surface area contributed by atoms with Crippen LogP contribution in [0.2, 0.25) is 0 Å². The zero-order valence-electron chi connectivity index (χ0n) is 13.9. The molecule has 0 radical (unpaired) electrons. The van der Waals surface area contributed by atoms with Crippen molar-refractivity contribution in [3.8, 4) is 0 Å². The van der Waals surface area contributed by atoms with Crippen molar-refractivity contribution in [2.75, 3.05) is 20.3 Å². The zero-order chi connectivity index (χ0) is 16.2. The smallest absolute Gasteiger partial charge is 0.226 e. The molecule has 0 spiro atoms. The normalized spacial score (nSPS) is 16.4. The van der Waals surface area contributed by atoms with Gasteiger partial charge in [0.15, 0.2) is 0 Å². The molecule has 6 heteroatoms. The van der Waals surface area contributed by atoms with Gasteiger partial charge in [0.05, 0.1) is 24.3 Å². The molecule has 1 aliphatic rings. The highest BCUT2D eigenvalue weighted by Crippen LogP contribution is 2.43. The van der Waals surface area contributed by atoms with Gasteiger partial charge in [-0.1, -0.05) is 6.42 Å². The predicted octanol–water partition coefficient (Wildman–Crippen LogP) is 1.28. The zero-order valence-corrected chi connectivity index (χ0v) is 13.9. The molecule has 1 fully saturated rings. The molecule has 22 heavy (non-hydrogen) atoms. The Hall–Kier alpha value is -1.40. The van der Waals surface area contributed by atoms with E-state index in [0.29, 0.717) is 19.7 Å². The Morgan fingerprint density at radius 1 is 1.45 bits per heavy atom. The van der Waals surface area contributed by atoms with Crippen LogP contribution in [0.25, 0.3) is 0 Å². The van der Waals surface area contributed by atoms with Crippen LogP contribution >= 0.6 is 0 Å². The molecular weight excluding hydrogens is 280 g/mol. The first kappa shape index (κ1) is 17.0. The molecular formula is C16H28N4O2. The Bertz CT molecular complexity index is 520. The van der Waals surface area contributed by atoms with Crippen LogP contribution in [-0.2, 0) is 22.6 Å². The number of methoxy groups -OCH3 is 1. The molecule has 1 aromatic heterocycles. The second-order valence-electron chi connectivity index (χ2n) is 6.22. The van der Waals surface area contributed by atoms with Gasteiger partial charge < -0.3 is 15.8 Å². The highest BCUT2D eigenvalue weighted by Gasteiger charge is 2.43. The molecule has 1 heterocycles. The molecule has 0 saturated heterocycles. The molecule has 1 saturated carbocycles. The first-order valence-corrected chi connectivity index (χ1v) is 8.04.